The Bertz CT molecular complexity index is 883. The number of thioether (sulfide) groups is 1. The Labute approximate surface area is 175 Å². The molecule has 0 saturated carbocycles. The number of aryl methyl sites for hydroxylation is 1. The maximum absolute atomic E-state index is 12.7. The summed E-state index contributed by atoms with van der Waals surface area (Å²) in [4.78, 5) is 19.1. The van der Waals surface area contributed by atoms with Gasteiger partial charge in [-0.1, -0.05) is 18.2 Å². The number of carbonyl (C=O) groups excluding carboxylic acids is 1. The number of pyridine rings is 1. The third-order valence-corrected chi connectivity index (χ3v) is 7.58. The molecule has 1 spiro atoms. The van der Waals surface area contributed by atoms with Gasteiger partial charge in [0.25, 0.3) is 0 Å². The van der Waals surface area contributed by atoms with Gasteiger partial charge < -0.3 is 14.4 Å². The molecule has 2 aromatic rings. The fourth-order valence-electron chi connectivity index (χ4n) is 4.45. The van der Waals surface area contributed by atoms with Crippen molar-refractivity contribution in [3.8, 4) is 5.75 Å². The summed E-state index contributed by atoms with van der Waals surface area (Å²) in [6.45, 7) is 3.04. The maximum atomic E-state index is 12.7. The molecule has 3 aliphatic rings. The van der Waals surface area contributed by atoms with Crippen LogP contribution in [0.15, 0.2) is 42.6 Å². The lowest BCUT2D eigenvalue weighted by molar-refractivity contribution is -0.136. The molecule has 1 aromatic carbocycles. The molecular weight excluding hydrogens is 384 g/mol. The smallest absolute Gasteiger partial charge is 0.227 e. The zero-order valence-electron chi connectivity index (χ0n) is 16.5. The lowest BCUT2D eigenvalue weighted by atomic mass is 9.92. The third-order valence-electron chi connectivity index (χ3n) is 6.01. The van der Waals surface area contributed by atoms with Crippen LogP contribution in [-0.4, -0.2) is 52.1 Å². The van der Waals surface area contributed by atoms with Gasteiger partial charge in [0.2, 0.25) is 5.91 Å². The van der Waals surface area contributed by atoms with Crippen LogP contribution in [0.5, 0.6) is 5.75 Å². The first kappa shape index (κ1) is 18.9. The first-order chi connectivity index (χ1) is 14.2. The van der Waals surface area contributed by atoms with Crippen LogP contribution in [-0.2, 0) is 29.0 Å². The Kier molecular flexibility index (Phi) is 5.22. The van der Waals surface area contributed by atoms with Crippen LogP contribution in [0, 0.1) is 0 Å². The zero-order chi connectivity index (χ0) is 19.7. The molecule has 29 heavy (non-hydrogen) atoms. The summed E-state index contributed by atoms with van der Waals surface area (Å²) >= 11 is 1.96. The van der Waals surface area contributed by atoms with Gasteiger partial charge in [0.15, 0.2) is 0 Å². The highest BCUT2D eigenvalue weighted by Crippen LogP contribution is 2.46. The van der Waals surface area contributed by atoms with E-state index in [2.05, 4.69) is 11.1 Å². The molecule has 5 rings (SSSR count). The topological polar surface area (TPSA) is 51.7 Å². The highest BCUT2D eigenvalue weighted by molar-refractivity contribution is 8.01. The number of fused-ring (bicyclic) bond motifs is 1. The molecule has 5 nitrogen and oxygen atoms in total. The number of likely N-dealkylation sites (tertiary alicyclic amines) is 1. The quantitative estimate of drug-likeness (QED) is 0.757. The first-order valence-electron chi connectivity index (χ1n) is 10.4. The molecule has 2 fully saturated rings. The molecule has 0 radical (unpaired) electrons. The van der Waals surface area contributed by atoms with E-state index in [1.165, 1.54) is 5.56 Å². The van der Waals surface area contributed by atoms with E-state index >= 15 is 0 Å². The van der Waals surface area contributed by atoms with E-state index in [4.69, 9.17) is 9.47 Å². The van der Waals surface area contributed by atoms with Crippen molar-refractivity contribution in [3.05, 3.63) is 59.4 Å². The van der Waals surface area contributed by atoms with E-state index in [1.807, 2.05) is 47.0 Å². The average molecular weight is 411 g/mol. The number of carbonyl (C=O) groups is 1. The van der Waals surface area contributed by atoms with Gasteiger partial charge in [0.05, 0.1) is 36.2 Å². The molecular formula is C23H26N2O3S. The number of nitrogens with zero attached hydrogens (tertiary/aromatic N) is 2. The van der Waals surface area contributed by atoms with Crippen molar-refractivity contribution >= 4 is 17.7 Å². The SMILES string of the molecule is O=C(Cc1ccc2c(c1)CCCO2)N1CC2(CC(OCc3ccccn3)CS2)C1. The number of rotatable bonds is 5. The largest absolute Gasteiger partial charge is 0.493 e. The number of benzene rings is 1. The normalized spacial score (nSPS) is 22.1. The molecule has 1 amide bonds. The van der Waals surface area contributed by atoms with E-state index in [0.29, 0.717) is 13.0 Å². The second-order valence-corrected chi connectivity index (χ2v) is 9.76. The van der Waals surface area contributed by atoms with Crippen LogP contribution in [0.1, 0.15) is 29.7 Å². The predicted molar refractivity (Wildman–Crippen MR) is 113 cm³/mol. The minimum Gasteiger partial charge on any atom is -0.493 e. The van der Waals surface area contributed by atoms with E-state index < -0.39 is 0 Å². The van der Waals surface area contributed by atoms with Crippen molar-refractivity contribution in [1.29, 1.82) is 0 Å². The van der Waals surface area contributed by atoms with Gasteiger partial charge in [0, 0.05) is 25.0 Å². The summed E-state index contributed by atoms with van der Waals surface area (Å²) in [5.74, 6) is 2.21. The van der Waals surface area contributed by atoms with E-state index in [0.717, 1.165) is 61.7 Å². The van der Waals surface area contributed by atoms with Gasteiger partial charge in [-0.2, -0.15) is 0 Å². The van der Waals surface area contributed by atoms with Crippen LogP contribution in [0.2, 0.25) is 0 Å². The lowest BCUT2D eigenvalue weighted by Crippen LogP contribution is -2.61. The molecule has 4 heterocycles. The molecule has 152 valence electrons. The summed E-state index contributed by atoms with van der Waals surface area (Å²) in [7, 11) is 0. The summed E-state index contributed by atoms with van der Waals surface area (Å²) in [5.41, 5.74) is 3.30. The number of amides is 1. The van der Waals surface area contributed by atoms with Gasteiger partial charge in [0.1, 0.15) is 5.75 Å². The van der Waals surface area contributed by atoms with Crippen LogP contribution >= 0.6 is 11.8 Å². The van der Waals surface area contributed by atoms with Crippen LogP contribution < -0.4 is 4.74 Å². The summed E-state index contributed by atoms with van der Waals surface area (Å²) in [6, 6.07) is 12.1. The molecule has 2 saturated heterocycles. The van der Waals surface area contributed by atoms with Crippen molar-refractivity contribution in [2.45, 2.75) is 43.1 Å². The second-order valence-electron chi connectivity index (χ2n) is 8.27. The Morgan fingerprint density at radius 2 is 2.24 bits per heavy atom. The Balaban J connectivity index is 1.10. The summed E-state index contributed by atoms with van der Waals surface area (Å²) in [6.07, 6.45) is 5.65. The minimum absolute atomic E-state index is 0.189. The summed E-state index contributed by atoms with van der Waals surface area (Å²) < 4.78 is 11.9. The van der Waals surface area contributed by atoms with E-state index in [9.17, 15) is 4.79 Å². The van der Waals surface area contributed by atoms with Crippen molar-refractivity contribution in [2.75, 3.05) is 25.4 Å². The van der Waals surface area contributed by atoms with Gasteiger partial charge in [-0.05, 0) is 48.6 Å². The van der Waals surface area contributed by atoms with Gasteiger partial charge in [-0.15, -0.1) is 11.8 Å². The van der Waals surface area contributed by atoms with Gasteiger partial charge in [-0.25, -0.2) is 0 Å². The molecule has 0 bridgehead atoms. The van der Waals surface area contributed by atoms with Crippen LogP contribution in [0.4, 0.5) is 0 Å². The van der Waals surface area contributed by atoms with Gasteiger partial charge >= 0.3 is 0 Å². The number of hydrogen-bond acceptors (Lipinski definition) is 5. The molecule has 0 N–H and O–H groups in total. The summed E-state index contributed by atoms with van der Waals surface area (Å²) in [5, 5.41) is 0. The number of ether oxygens (including phenoxy) is 2. The Morgan fingerprint density at radius 3 is 3.10 bits per heavy atom. The molecule has 1 unspecified atom stereocenters. The molecule has 0 aliphatic carbocycles. The first-order valence-corrected chi connectivity index (χ1v) is 11.4. The molecule has 1 aromatic heterocycles. The average Bonchev–Trinajstić information content (AvgIpc) is 3.17. The van der Waals surface area contributed by atoms with E-state index in [1.54, 1.807) is 6.20 Å². The highest BCUT2D eigenvalue weighted by atomic mass is 32.2. The molecule has 3 aliphatic heterocycles. The van der Waals surface area contributed by atoms with Gasteiger partial charge in [-0.3, -0.25) is 9.78 Å². The third kappa shape index (κ3) is 4.14. The molecule has 1 atom stereocenters. The monoisotopic (exact) mass is 410 g/mol. The second kappa shape index (κ2) is 8.00. The minimum atomic E-state index is 0.189. The molecule has 6 heteroatoms. The predicted octanol–water partition coefficient (Wildman–Crippen LogP) is 3.25. The zero-order valence-corrected chi connectivity index (χ0v) is 17.3. The van der Waals surface area contributed by atoms with E-state index in [-0.39, 0.29) is 16.8 Å². The van der Waals surface area contributed by atoms with Crippen LogP contribution in [0.3, 0.4) is 0 Å². The van der Waals surface area contributed by atoms with Crippen LogP contribution in [0.25, 0.3) is 0 Å². The van der Waals surface area contributed by atoms with Crippen molar-refractivity contribution in [2.24, 2.45) is 0 Å². The maximum Gasteiger partial charge on any atom is 0.227 e. The lowest BCUT2D eigenvalue weighted by Gasteiger charge is -2.47. The highest BCUT2D eigenvalue weighted by Gasteiger charge is 2.50. The Hall–Kier alpha value is -2.05. The number of hydrogen-bond donors (Lipinski definition) is 0. The fourth-order valence-corrected chi connectivity index (χ4v) is 6.00. The van der Waals surface area contributed by atoms with Crippen molar-refractivity contribution < 1.29 is 14.3 Å². The number of aromatic nitrogens is 1. The Morgan fingerprint density at radius 1 is 1.31 bits per heavy atom. The fraction of sp³-hybridized carbons (Fsp3) is 0.478. The van der Waals surface area contributed by atoms with Crippen molar-refractivity contribution in [3.63, 3.8) is 0 Å². The standard InChI is InChI=1S/C23H26N2O3S/c26-22(11-17-6-7-21-18(10-17)4-3-9-27-21)25-15-23(16-25)12-20(14-29-23)28-13-19-5-1-2-8-24-19/h1-2,5-8,10,20H,3-4,9,11-16H2. The van der Waals surface area contributed by atoms with Crippen molar-refractivity contribution in [1.82, 2.24) is 9.88 Å².